The molecule has 166 valence electrons. The fourth-order valence-electron chi connectivity index (χ4n) is 4.70. The monoisotopic (exact) mass is 437 g/mol. The number of carbonyl (C=O) groups is 1. The first-order chi connectivity index (χ1) is 14.4. The Balaban J connectivity index is 2.45. The van der Waals surface area contributed by atoms with Crippen molar-refractivity contribution in [3.8, 4) is 11.1 Å². The van der Waals surface area contributed by atoms with Gasteiger partial charge in [0.25, 0.3) is 0 Å². The minimum atomic E-state index is -2.95. The SMILES string of the molecule is CCCCC(=O)c1ccc2ccn(P(=O)(C(C)(C)C)C(C)(C)C)c2c1-c1ccccc1. The van der Waals surface area contributed by atoms with Gasteiger partial charge in [0.2, 0.25) is 0 Å². The van der Waals surface area contributed by atoms with Crippen LogP contribution in [0.5, 0.6) is 0 Å². The summed E-state index contributed by atoms with van der Waals surface area (Å²) in [5.41, 5.74) is 3.52. The molecule has 0 saturated carbocycles. The van der Waals surface area contributed by atoms with Gasteiger partial charge in [-0.05, 0) is 18.1 Å². The van der Waals surface area contributed by atoms with Gasteiger partial charge in [-0.15, -0.1) is 0 Å². The van der Waals surface area contributed by atoms with Crippen LogP contribution < -0.4 is 0 Å². The van der Waals surface area contributed by atoms with Crippen molar-refractivity contribution in [2.24, 2.45) is 0 Å². The number of aromatic nitrogens is 1. The summed E-state index contributed by atoms with van der Waals surface area (Å²) < 4.78 is 16.9. The fourth-order valence-corrected chi connectivity index (χ4v) is 8.76. The topological polar surface area (TPSA) is 39.1 Å². The Morgan fingerprint density at radius 2 is 1.52 bits per heavy atom. The Morgan fingerprint density at radius 1 is 0.903 bits per heavy atom. The van der Waals surface area contributed by atoms with Crippen LogP contribution in [0.25, 0.3) is 22.0 Å². The minimum absolute atomic E-state index is 0.150. The molecule has 0 N–H and O–H groups in total. The van der Waals surface area contributed by atoms with Crippen LogP contribution in [0.1, 0.15) is 78.1 Å². The van der Waals surface area contributed by atoms with E-state index >= 15 is 0 Å². The van der Waals surface area contributed by atoms with E-state index in [-0.39, 0.29) is 5.78 Å². The lowest BCUT2D eigenvalue weighted by molar-refractivity contribution is 0.0980. The molecule has 0 radical (unpaired) electrons. The maximum Gasteiger partial charge on any atom is 0.186 e. The van der Waals surface area contributed by atoms with Gasteiger partial charge in [-0.1, -0.05) is 97.4 Å². The van der Waals surface area contributed by atoms with Gasteiger partial charge < -0.3 is 0 Å². The largest absolute Gasteiger partial charge is 0.299 e. The van der Waals surface area contributed by atoms with E-state index in [4.69, 9.17) is 0 Å². The van der Waals surface area contributed by atoms with Crippen molar-refractivity contribution in [3.05, 3.63) is 60.3 Å². The standard InChI is InChI=1S/C27H36NO2P/c1-8-9-15-23(29)22-17-16-21-18-19-28(31(30,26(2,3)4)27(5,6)7)25(21)24(22)20-13-11-10-12-14-20/h10-14,16-19H,8-9,15H2,1-7H3. The zero-order valence-electron chi connectivity index (χ0n) is 20.0. The highest BCUT2D eigenvalue weighted by molar-refractivity contribution is 7.65. The van der Waals surface area contributed by atoms with Gasteiger partial charge in [0.15, 0.2) is 13.1 Å². The van der Waals surface area contributed by atoms with Gasteiger partial charge in [-0.2, -0.15) is 0 Å². The van der Waals surface area contributed by atoms with Crippen LogP contribution in [-0.2, 0) is 4.57 Å². The van der Waals surface area contributed by atoms with Gasteiger partial charge >= 0.3 is 0 Å². The number of rotatable bonds is 6. The van der Waals surface area contributed by atoms with Crippen LogP contribution in [0.3, 0.4) is 0 Å². The summed E-state index contributed by atoms with van der Waals surface area (Å²) in [5, 5.41) is 0.139. The molecular weight excluding hydrogens is 401 g/mol. The van der Waals surface area contributed by atoms with Crippen LogP contribution in [0.15, 0.2) is 54.7 Å². The number of unbranched alkanes of at least 4 members (excludes halogenated alkanes) is 1. The van der Waals surface area contributed by atoms with E-state index in [0.717, 1.165) is 40.4 Å². The van der Waals surface area contributed by atoms with Crippen molar-refractivity contribution in [3.63, 3.8) is 0 Å². The second kappa shape index (κ2) is 8.43. The summed E-state index contributed by atoms with van der Waals surface area (Å²) in [7, 11) is -2.95. The number of ketones is 1. The van der Waals surface area contributed by atoms with Gasteiger partial charge in [-0.25, -0.2) is 0 Å². The van der Waals surface area contributed by atoms with E-state index in [2.05, 4.69) is 48.5 Å². The molecule has 0 saturated heterocycles. The Labute approximate surface area is 187 Å². The molecular formula is C27H36NO2P. The van der Waals surface area contributed by atoms with Crippen molar-refractivity contribution < 1.29 is 9.36 Å². The molecule has 1 heterocycles. The number of hydrogen-bond acceptors (Lipinski definition) is 2. The molecule has 0 aliphatic rings. The Morgan fingerprint density at radius 3 is 2.06 bits per heavy atom. The first-order valence-electron chi connectivity index (χ1n) is 11.3. The maximum absolute atomic E-state index is 14.8. The fraction of sp³-hybridized carbons (Fsp3) is 0.444. The second-order valence-corrected chi connectivity index (χ2v) is 14.7. The lowest BCUT2D eigenvalue weighted by Crippen LogP contribution is -2.32. The first-order valence-corrected chi connectivity index (χ1v) is 12.9. The average Bonchev–Trinajstić information content (AvgIpc) is 3.14. The van der Waals surface area contributed by atoms with Gasteiger partial charge in [0.05, 0.1) is 5.52 Å². The summed E-state index contributed by atoms with van der Waals surface area (Å²) in [6.07, 6.45) is 4.34. The molecule has 0 atom stereocenters. The average molecular weight is 438 g/mol. The van der Waals surface area contributed by atoms with Crippen LogP contribution in [-0.4, -0.2) is 20.4 Å². The molecule has 0 unspecified atom stereocenters. The summed E-state index contributed by atoms with van der Waals surface area (Å²) in [4.78, 5) is 13.2. The molecule has 2 aromatic carbocycles. The zero-order chi connectivity index (χ0) is 23.0. The molecule has 0 aliphatic heterocycles. The zero-order valence-corrected chi connectivity index (χ0v) is 20.9. The summed E-state index contributed by atoms with van der Waals surface area (Å²) in [6.45, 7) is 14.5. The summed E-state index contributed by atoms with van der Waals surface area (Å²) >= 11 is 0. The van der Waals surface area contributed by atoms with Crippen LogP contribution in [0, 0.1) is 0 Å². The van der Waals surface area contributed by atoms with Crippen molar-refractivity contribution in [1.29, 1.82) is 0 Å². The number of carbonyl (C=O) groups excluding carboxylic acids is 1. The summed E-state index contributed by atoms with van der Waals surface area (Å²) in [5.74, 6) is 0.150. The highest BCUT2D eigenvalue weighted by atomic mass is 31.2. The van der Waals surface area contributed by atoms with E-state index in [9.17, 15) is 9.36 Å². The highest BCUT2D eigenvalue weighted by Crippen LogP contribution is 2.68. The number of Topliss-reactive ketones (excluding diaryl/α,β-unsaturated/α-hetero) is 1. The normalized spacial score (nSPS) is 13.0. The molecule has 3 aromatic rings. The molecule has 0 fully saturated rings. The van der Waals surface area contributed by atoms with E-state index in [1.165, 1.54) is 0 Å². The number of hydrogen-bond donors (Lipinski definition) is 0. The van der Waals surface area contributed by atoms with Gasteiger partial charge in [0.1, 0.15) is 0 Å². The van der Waals surface area contributed by atoms with Crippen molar-refractivity contribution in [2.45, 2.75) is 78.0 Å². The maximum atomic E-state index is 14.8. The van der Waals surface area contributed by atoms with Crippen LogP contribution >= 0.6 is 7.29 Å². The molecule has 3 rings (SSSR count). The Bertz CT molecular complexity index is 1110. The van der Waals surface area contributed by atoms with Gasteiger partial charge in [0, 0.05) is 39.4 Å². The second-order valence-electron chi connectivity index (χ2n) is 10.4. The molecule has 1 aromatic heterocycles. The van der Waals surface area contributed by atoms with Crippen molar-refractivity contribution in [2.75, 3.05) is 0 Å². The Hall–Kier alpha value is -2.12. The molecule has 31 heavy (non-hydrogen) atoms. The van der Waals surface area contributed by atoms with Gasteiger partial charge in [-0.3, -0.25) is 13.7 Å². The van der Waals surface area contributed by atoms with Crippen molar-refractivity contribution in [1.82, 2.24) is 4.34 Å². The smallest absolute Gasteiger partial charge is 0.186 e. The summed E-state index contributed by atoms with van der Waals surface area (Å²) in [6, 6.07) is 16.1. The number of benzene rings is 2. The molecule has 3 nitrogen and oxygen atoms in total. The molecule has 0 aliphatic carbocycles. The predicted molar refractivity (Wildman–Crippen MR) is 134 cm³/mol. The predicted octanol–water partition coefficient (Wildman–Crippen LogP) is 8.40. The molecule has 0 amide bonds. The van der Waals surface area contributed by atoms with E-state index < -0.39 is 17.6 Å². The number of nitrogens with zero attached hydrogens (tertiary/aromatic N) is 1. The molecule has 0 spiro atoms. The van der Waals surface area contributed by atoms with E-state index in [1.807, 2.05) is 59.1 Å². The molecule has 4 heteroatoms. The number of fused-ring (bicyclic) bond motifs is 1. The quantitative estimate of drug-likeness (QED) is 0.287. The third-order valence-corrected chi connectivity index (χ3v) is 10.7. The molecule has 0 bridgehead atoms. The Kier molecular flexibility index (Phi) is 6.40. The van der Waals surface area contributed by atoms with Crippen LogP contribution in [0.4, 0.5) is 0 Å². The highest BCUT2D eigenvalue weighted by Gasteiger charge is 2.48. The first kappa shape index (κ1) is 23.5. The lowest BCUT2D eigenvalue weighted by Gasteiger charge is -2.42. The van der Waals surface area contributed by atoms with Crippen molar-refractivity contribution >= 4 is 24.0 Å². The lowest BCUT2D eigenvalue weighted by atomic mass is 9.93. The van der Waals surface area contributed by atoms with E-state index in [1.54, 1.807) is 0 Å². The third kappa shape index (κ3) is 4.05. The minimum Gasteiger partial charge on any atom is -0.299 e. The van der Waals surface area contributed by atoms with E-state index in [0.29, 0.717) is 6.42 Å². The van der Waals surface area contributed by atoms with Crippen LogP contribution in [0.2, 0.25) is 0 Å². The third-order valence-electron chi connectivity index (χ3n) is 6.08.